The first-order chi connectivity index (χ1) is 12.6. The predicted octanol–water partition coefficient (Wildman–Crippen LogP) is 1.25. The molecule has 2 heterocycles. The van der Waals surface area contributed by atoms with E-state index in [1.807, 2.05) is 43.3 Å². The number of rotatable bonds is 6. The van der Waals surface area contributed by atoms with Crippen LogP contribution < -0.4 is 4.74 Å². The zero-order valence-corrected chi connectivity index (χ0v) is 15.0. The fraction of sp³-hybridized carbons (Fsp3) is 0.474. The van der Waals surface area contributed by atoms with Crippen LogP contribution in [0, 0.1) is 6.92 Å². The molecule has 0 saturated carbocycles. The first kappa shape index (κ1) is 18.4. The van der Waals surface area contributed by atoms with Crippen LogP contribution in [0.1, 0.15) is 12.1 Å². The van der Waals surface area contributed by atoms with E-state index in [4.69, 9.17) is 9.47 Å². The summed E-state index contributed by atoms with van der Waals surface area (Å²) in [7, 11) is 0. The van der Waals surface area contributed by atoms with Crippen molar-refractivity contribution >= 4 is 5.91 Å². The van der Waals surface area contributed by atoms with Gasteiger partial charge in [-0.05, 0) is 25.1 Å². The largest absolute Gasteiger partial charge is 0.490 e. The molecule has 0 aliphatic carbocycles. The molecular weight excluding hydrogens is 334 g/mol. The molecule has 1 fully saturated rings. The lowest BCUT2D eigenvalue weighted by molar-refractivity contribution is -0.135. The van der Waals surface area contributed by atoms with Gasteiger partial charge in [-0.3, -0.25) is 9.48 Å². The van der Waals surface area contributed by atoms with E-state index in [0.29, 0.717) is 31.9 Å². The Kier molecular flexibility index (Phi) is 5.90. The maximum absolute atomic E-state index is 12.6. The predicted molar refractivity (Wildman–Crippen MR) is 95.9 cm³/mol. The van der Waals surface area contributed by atoms with Crippen molar-refractivity contribution in [3.05, 3.63) is 48.3 Å². The van der Waals surface area contributed by atoms with Crippen molar-refractivity contribution in [3.63, 3.8) is 0 Å². The van der Waals surface area contributed by atoms with E-state index >= 15 is 0 Å². The number of carbonyl (C=O) groups is 1. The Bertz CT molecular complexity index is 719. The zero-order chi connectivity index (χ0) is 18.4. The molecule has 1 aromatic carbocycles. The average molecular weight is 359 g/mol. The summed E-state index contributed by atoms with van der Waals surface area (Å²) in [4.78, 5) is 14.2. The van der Waals surface area contributed by atoms with Gasteiger partial charge in [0.25, 0.3) is 0 Å². The van der Waals surface area contributed by atoms with Gasteiger partial charge >= 0.3 is 0 Å². The van der Waals surface area contributed by atoms with Crippen molar-refractivity contribution < 1.29 is 19.4 Å². The summed E-state index contributed by atoms with van der Waals surface area (Å²) < 4.78 is 13.0. The van der Waals surface area contributed by atoms with Crippen molar-refractivity contribution in [3.8, 4) is 5.75 Å². The number of aryl methyl sites for hydroxylation is 2. The second kappa shape index (κ2) is 8.33. The van der Waals surface area contributed by atoms with Gasteiger partial charge in [0.05, 0.1) is 19.8 Å². The number of aliphatic hydroxyl groups is 1. The van der Waals surface area contributed by atoms with Crippen LogP contribution in [0.15, 0.2) is 42.6 Å². The molecule has 1 N–H and O–H groups in total. The first-order valence-electron chi connectivity index (χ1n) is 8.80. The molecule has 7 heteroatoms. The summed E-state index contributed by atoms with van der Waals surface area (Å²) in [6.45, 7) is 3.74. The number of hydrogen-bond donors (Lipinski definition) is 1. The fourth-order valence-electron chi connectivity index (χ4n) is 2.94. The number of hydrogen-bond acceptors (Lipinski definition) is 5. The molecule has 140 valence electrons. The molecule has 1 aliphatic heterocycles. The van der Waals surface area contributed by atoms with Crippen LogP contribution in [0.25, 0.3) is 0 Å². The standard InChI is InChI=1S/C19H25N3O4/c1-16-7-9-20-22(16)10-8-18(23)21-11-12-25-14-19(24,13-21)15-26-17-5-3-2-4-6-17/h2-7,9,24H,8,10-15H2,1H3/t19-/m0/s1. The van der Waals surface area contributed by atoms with Crippen molar-refractivity contribution in [2.45, 2.75) is 25.5 Å². The van der Waals surface area contributed by atoms with Gasteiger partial charge in [0.2, 0.25) is 5.91 Å². The van der Waals surface area contributed by atoms with Crippen molar-refractivity contribution in [2.75, 3.05) is 32.9 Å². The van der Waals surface area contributed by atoms with E-state index < -0.39 is 5.60 Å². The minimum atomic E-state index is -1.23. The number of carbonyl (C=O) groups excluding carboxylic acids is 1. The molecular formula is C19H25N3O4. The van der Waals surface area contributed by atoms with Crippen LogP contribution >= 0.6 is 0 Å². The van der Waals surface area contributed by atoms with Gasteiger partial charge in [0.15, 0.2) is 0 Å². The lowest BCUT2D eigenvalue weighted by Gasteiger charge is -2.30. The maximum atomic E-state index is 12.6. The molecule has 26 heavy (non-hydrogen) atoms. The van der Waals surface area contributed by atoms with Crippen molar-refractivity contribution in [1.29, 1.82) is 0 Å². The van der Waals surface area contributed by atoms with E-state index in [9.17, 15) is 9.90 Å². The number of nitrogens with zero attached hydrogens (tertiary/aromatic N) is 3. The lowest BCUT2D eigenvalue weighted by atomic mass is 10.1. The Morgan fingerprint density at radius 2 is 2.15 bits per heavy atom. The molecule has 1 aromatic heterocycles. The van der Waals surface area contributed by atoms with Crippen LogP contribution in [0.3, 0.4) is 0 Å². The second-order valence-corrected chi connectivity index (χ2v) is 6.64. The third-order valence-electron chi connectivity index (χ3n) is 4.43. The molecule has 7 nitrogen and oxygen atoms in total. The molecule has 3 rings (SSSR count). The van der Waals surface area contributed by atoms with E-state index in [0.717, 1.165) is 5.69 Å². The molecule has 1 saturated heterocycles. The highest BCUT2D eigenvalue weighted by Gasteiger charge is 2.35. The molecule has 1 amide bonds. The highest BCUT2D eigenvalue weighted by Crippen LogP contribution is 2.17. The number of aromatic nitrogens is 2. The van der Waals surface area contributed by atoms with E-state index in [1.165, 1.54) is 0 Å². The van der Waals surface area contributed by atoms with Crippen LogP contribution in [0.5, 0.6) is 5.75 Å². The number of para-hydroxylation sites is 1. The third-order valence-corrected chi connectivity index (χ3v) is 4.43. The number of amides is 1. The monoisotopic (exact) mass is 359 g/mol. The summed E-state index contributed by atoms with van der Waals surface area (Å²) in [6, 6.07) is 11.2. The number of β-amino-alcohol motifs (C(OH)–C–C–N with tert-alkyl or cyclic N) is 1. The maximum Gasteiger partial charge on any atom is 0.224 e. The topological polar surface area (TPSA) is 76.8 Å². The molecule has 0 radical (unpaired) electrons. The van der Waals surface area contributed by atoms with Crippen LogP contribution in [-0.2, 0) is 16.1 Å². The number of ether oxygens (including phenoxy) is 2. The SMILES string of the molecule is Cc1ccnn1CCC(=O)N1CCOC[C@](O)(COc2ccccc2)C1. The van der Waals surface area contributed by atoms with Gasteiger partial charge < -0.3 is 19.5 Å². The summed E-state index contributed by atoms with van der Waals surface area (Å²) >= 11 is 0. The minimum absolute atomic E-state index is 0.0245. The van der Waals surface area contributed by atoms with Crippen LogP contribution in [-0.4, -0.2) is 64.2 Å². The number of benzene rings is 1. The smallest absolute Gasteiger partial charge is 0.224 e. The Morgan fingerprint density at radius 3 is 2.88 bits per heavy atom. The average Bonchev–Trinajstić information content (AvgIpc) is 2.95. The van der Waals surface area contributed by atoms with Crippen molar-refractivity contribution in [2.24, 2.45) is 0 Å². The second-order valence-electron chi connectivity index (χ2n) is 6.64. The Hall–Kier alpha value is -2.38. The van der Waals surface area contributed by atoms with Crippen molar-refractivity contribution in [1.82, 2.24) is 14.7 Å². The Labute approximate surface area is 153 Å². The van der Waals surface area contributed by atoms with Gasteiger partial charge in [-0.25, -0.2) is 0 Å². The Morgan fingerprint density at radius 1 is 1.35 bits per heavy atom. The molecule has 2 aromatic rings. The molecule has 0 bridgehead atoms. The Balaban J connectivity index is 1.57. The van der Waals surface area contributed by atoms with Gasteiger partial charge in [0.1, 0.15) is 18.0 Å². The first-order valence-corrected chi connectivity index (χ1v) is 8.80. The highest BCUT2D eigenvalue weighted by atomic mass is 16.5. The van der Waals surface area contributed by atoms with E-state index in [2.05, 4.69) is 5.10 Å². The fourth-order valence-corrected chi connectivity index (χ4v) is 2.94. The molecule has 0 unspecified atom stereocenters. The summed E-state index contributed by atoms with van der Waals surface area (Å²) in [5.74, 6) is 0.653. The quantitative estimate of drug-likeness (QED) is 0.840. The summed E-state index contributed by atoms with van der Waals surface area (Å²) in [5.41, 5.74) is -0.214. The van der Waals surface area contributed by atoms with Gasteiger partial charge in [-0.1, -0.05) is 18.2 Å². The van der Waals surface area contributed by atoms with Gasteiger partial charge in [-0.2, -0.15) is 5.10 Å². The molecule has 0 spiro atoms. The minimum Gasteiger partial charge on any atom is -0.490 e. The van der Waals surface area contributed by atoms with Gasteiger partial charge in [0, 0.05) is 31.4 Å². The molecule has 1 aliphatic rings. The van der Waals surface area contributed by atoms with Gasteiger partial charge in [-0.15, -0.1) is 0 Å². The van der Waals surface area contributed by atoms with Crippen LogP contribution in [0.4, 0.5) is 0 Å². The molecule has 1 atom stereocenters. The van der Waals surface area contributed by atoms with Crippen LogP contribution in [0.2, 0.25) is 0 Å². The summed E-state index contributed by atoms with van der Waals surface area (Å²) in [6.07, 6.45) is 2.05. The summed E-state index contributed by atoms with van der Waals surface area (Å²) in [5, 5.41) is 15.1. The lowest BCUT2D eigenvalue weighted by Crippen LogP contribution is -2.50. The zero-order valence-electron chi connectivity index (χ0n) is 15.0. The normalized spacial score (nSPS) is 20.6. The van der Waals surface area contributed by atoms with E-state index in [-0.39, 0.29) is 25.7 Å². The third kappa shape index (κ3) is 4.83. The highest BCUT2D eigenvalue weighted by molar-refractivity contribution is 5.76. The van der Waals surface area contributed by atoms with E-state index in [1.54, 1.807) is 15.8 Å².